The van der Waals surface area contributed by atoms with Gasteiger partial charge in [-0.3, -0.25) is 10.1 Å². The second-order valence-corrected chi connectivity index (χ2v) is 5.68. The Kier molecular flexibility index (Phi) is 5.54. The zero-order chi connectivity index (χ0) is 16.9. The first-order valence-corrected chi connectivity index (χ1v) is 6.78. The topological polar surface area (TPSA) is 98.9 Å². The minimum Gasteiger partial charge on any atom is -0.456 e. The molecule has 0 heterocycles. The van der Waals surface area contributed by atoms with Gasteiger partial charge in [0, 0.05) is 6.07 Å². The number of hydrogen-bond acceptors (Lipinski definition) is 6. The number of nitro groups is 1. The summed E-state index contributed by atoms with van der Waals surface area (Å²) in [5.41, 5.74) is -0.776. The first kappa shape index (κ1) is 17.5. The summed E-state index contributed by atoms with van der Waals surface area (Å²) in [5, 5.41) is 11.2. The van der Waals surface area contributed by atoms with Crippen LogP contribution in [0.3, 0.4) is 0 Å². The van der Waals surface area contributed by atoms with Crippen molar-refractivity contribution in [1.29, 1.82) is 0 Å². The lowest BCUT2D eigenvalue weighted by Crippen LogP contribution is -2.24. The number of nitro benzene ring substituents is 1. The van der Waals surface area contributed by atoms with Gasteiger partial charge >= 0.3 is 5.97 Å². The summed E-state index contributed by atoms with van der Waals surface area (Å²) < 4.78 is 5.16. The molecule has 0 bridgehead atoms. The van der Waals surface area contributed by atoms with E-state index in [0.29, 0.717) is 12.0 Å². The molecule has 0 N–H and O–H groups in total. The first-order valence-electron chi connectivity index (χ1n) is 6.78. The van der Waals surface area contributed by atoms with Crippen LogP contribution in [-0.2, 0) is 9.53 Å². The summed E-state index contributed by atoms with van der Waals surface area (Å²) in [4.78, 5) is 36.6. The van der Waals surface area contributed by atoms with Crippen molar-refractivity contribution in [2.45, 2.75) is 45.8 Å². The van der Waals surface area contributed by atoms with E-state index in [1.807, 2.05) is 0 Å². The quantitative estimate of drug-likeness (QED) is 0.273. The Morgan fingerprint density at radius 3 is 2.55 bits per heavy atom. The minimum atomic E-state index is -0.766. The average Bonchev–Trinajstić information content (AvgIpc) is 2.42. The zero-order valence-corrected chi connectivity index (χ0v) is 13.0. The van der Waals surface area contributed by atoms with Crippen LogP contribution in [0.2, 0.25) is 0 Å². The number of hydrogen-bond donors (Lipinski definition) is 0. The molecule has 0 fully saturated rings. The van der Waals surface area contributed by atoms with Gasteiger partial charge < -0.3 is 4.74 Å². The number of rotatable bonds is 5. The molecule has 0 saturated carbocycles. The highest BCUT2D eigenvalue weighted by atomic mass is 16.6. The first-order chi connectivity index (χ1) is 10.2. The SMILES string of the molecule is CC[C@@H](N=C=O)c1ccc(C(=O)OC(C)(C)C)c([N+](=O)[O-])c1. The average molecular weight is 306 g/mol. The third kappa shape index (κ3) is 4.49. The molecular formula is C15H18N2O5. The Labute approximate surface area is 128 Å². The van der Waals surface area contributed by atoms with Crippen LogP contribution in [-0.4, -0.2) is 22.6 Å². The van der Waals surface area contributed by atoms with Crippen molar-refractivity contribution in [3.05, 3.63) is 39.4 Å². The number of ether oxygens (including phenoxy) is 1. The van der Waals surface area contributed by atoms with Crippen molar-refractivity contribution < 1.29 is 19.2 Å². The van der Waals surface area contributed by atoms with Crippen LogP contribution in [0.25, 0.3) is 0 Å². The van der Waals surface area contributed by atoms with E-state index in [1.54, 1.807) is 27.7 Å². The number of aliphatic imine (C=N–C) groups is 1. The fourth-order valence-corrected chi connectivity index (χ4v) is 1.88. The monoisotopic (exact) mass is 306 g/mol. The number of carbonyl (C=O) groups is 1. The maximum Gasteiger partial charge on any atom is 0.345 e. The van der Waals surface area contributed by atoms with Crippen LogP contribution in [0.4, 0.5) is 5.69 Å². The van der Waals surface area contributed by atoms with Gasteiger partial charge in [-0.05, 0) is 38.8 Å². The summed E-state index contributed by atoms with van der Waals surface area (Å²) in [6.07, 6.45) is 1.93. The maximum atomic E-state index is 12.0. The predicted molar refractivity (Wildman–Crippen MR) is 79.4 cm³/mol. The molecule has 0 aliphatic rings. The Morgan fingerprint density at radius 2 is 2.09 bits per heavy atom. The molecule has 0 aromatic heterocycles. The summed E-state index contributed by atoms with van der Waals surface area (Å²) in [5.74, 6) is -0.766. The molecule has 0 saturated heterocycles. The van der Waals surface area contributed by atoms with E-state index >= 15 is 0 Å². The van der Waals surface area contributed by atoms with E-state index in [9.17, 15) is 19.7 Å². The molecular weight excluding hydrogens is 288 g/mol. The molecule has 1 rings (SSSR count). The fraction of sp³-hybridized carbons (Fsp3) is 0.467. The van der Waals surface area contributed by atoms with Crippen molar-refractivity contribution >= 4 is 17.7 Å². The molecule has 0 amide bonds. The highest BCUT2D eigenvalue weighted by molar-refractivity contribution is 5.94. The van der Waals surface area contributed by atoms with Gasteiger partial charge in [0.05, 0.1) is 11.0 Å². The van der Waals surface area contributed by atoms with Crippen molar-refractivity contribution in [3.8, 4) is 0 Å². The minimum absolute atomic E-state index is 0.131. The van der Waals surface area contributed by atoms with Gasteiger partial charge in [0.25, 0.3) is 5.69 Å². The Hall–Kier alpha value is -2.53. The highest BCUT2D eigenvalue weighted by Crippen LogP contribution is 2.28. The smallest absolute Gasteiger partial charge is 0.345 e. The molecule has 7 nitrogen and oxygen atoms in total. The van der Waals surface area contributed by atoms with Crippen LogP contribution in [0.1, 0.15) is 56.1 Å². The van der Waals surface area contributed by atoms with E-state index in [2.05, 4.69) is 4.99 Å². The van der Waals surface area contributed by atoms with Crippen molar-refractivity contribution in [3.63, 3.8) is 0 Å². The lowest BCUT2D eigenvalue weighted by Gasteiger charge is -2.19. The molecule has 7 heteroatoms. The lowest BCUT2D eigenvalue weighted by molar-refractivity contribution is -0.385. The molecule has 22 heavy (non-hydrogen) atoms. The van der Waals surface area contributed by atoms with Crippen LogP contribution >= 0.6 is 0 Å². The van der Waals surface area contributed by atoms with Gasteiger partial charge in [-0.25, -0.2) is 9.59 Å². The maximum absolute atomic E-state index is 12.0. The number of nitrogens with zero attached hydrogens (tertiary/aromatic N) is 2. The Morgan fingerprint density at radius 1 is 1.45 bits per heavy atom. The Bertz CT molecular complexity index is 627. The van der Waals surface area contributed by atoms with Crippen LogP contribution in [0.15, 0.2) is 23.2 Å². The second kappa shape index (κ2) is 6.95. The standard InChI is InChI=1S/C15H18N2O5/c1-5-12(16-9-18)10-6-7-11(13(8-10)17(20)21)14(19)22-15(2,3)4/h6-8,12H,5H2,1-4H3/t12-/m1/s1. The lowest BCUT2D eigenvalue weighted by atomic mass is 10.0. The number of carbonyl (C=O) groups excluding carboxylic acids is 2. The molecule has 0 aliphatic heterocycles. The Balaban J connectivity index is 3.29. The van der Waals surface area contributed by atoms with E-state index in [0.717, 1.165) is 0 Å². The van der Waals surface area contributed by atoms with Crippen molar-refractivity contribution in [1.82, 2.24) is 0 Å². The number of benzene rings is 1. The summed E-state index contributed by atoms with van der Waals surface area (Å²) in [6.45, 7) is 6.82. The van der Waals surface area contributed by atoms with Gasteiger partial charge in [0.1, 0.15) is 11.2 Å². The normalized spacial score (nSPS) is 12.2. The molecule has 1 atom stereocenters. The molecule has 1 aromatic carbocycles. The van der Waals surface area contributed by atoms with Crippen molar-refractivity contribution in [2.75, 3.05) is 0 Å². The molecule has 0 radical (unpaired) electrons. The van der Waals surface area contributed by atoms with Gasteiger partial charge in [0.15, 0.2) is 0 Å². The zero-order valence-electron chi connectivity index (χ0n) is 13.0. The molecule has 1 aromatic rings. The van der Waals surface area contributed by atoms with Crippen LogP contribution in [0.5, 0.6) is 0 Å². The third-order valence-corrected chi connectivity index (χ3v) is 2.82. The van der Waals surface area contributed by atoms with Crippen molar-refractivity contribution in [2.24, 2.45) is 4.99 Å². The number of isocyanates is 1. The van der Waals surface area contributed by atoms with Gasteiger partial charge in [-0.1, -0.05) is 13.0 Å². The van der Waals surface area contributed by atoms with E-state index in [-0.39, 0.29) is 11.3 Å². The summed E-state index contributed by atoms with van der Waals surface area (Å²) in [7, 11) is 0. The molecule has 0 unspecified atom stereocenters. The van der Waals surface area contributed by atoms with Crippen LogP contribution in [0, 0.1) is 10.1 Å². The predicted octanol–water partition coefficient (Wildman–Crippen LogP) is 3.34. The molecule has 0 aliphatic carbocycles. The fourth-order valence-electron chi connectivity index (χ4n) is 1.88. The molecule has 0 spiro atoms. The molecule has 118 valence electrons. The third-order valence-electron chi connectivity index (χ3n) is 2.82. The second-order valence-electron chi connectivity index (χ2n) is 5.68. The van der Waals surface area contributed by atoms with Gasteiger partial charge in [-0.2, -0.15) is 4.99 Å². The van der Waals surface area contributed by atoms with E-state index in [4.69, 9.17) is 4.74 Å². The van der Waals surface area contributed by atoms with E-state index < -0.39 is 22.5 Å². The highest BCUT2D eigenvalue weighted by Gasteiger charge is 2.26. The summed E-state index contributed by atoms with van der Waals surface area (Å²) >= 11 is 0. The number of esters is 1. The van der Waals surface area contributed by atoms with Gasteiger partial charge in [0.2, 0.25) is 6.08 Å². The largest absolute Gasteiger partial charge is 0.456 e. The van der Waals surface area contributed by atoms with Gasteiger partial charge in [-0.15, -0.1) is 0 Å². The van der Waals surface area contributed by atoms with Crippen LogP contribution < -0.4 is 0 Å². The summed E-state index contributed by atoms with van der Waals surface area (Å²) in [6, 6.07) is 3.57. The van der Waals surface area contributed by atoms with E-state index in [1.165, 1.54) is 24.3 Å².